The molecule has 1 aliphatic carbocycles. The Morgan fingerprint density at radius 1 is 0.947 bits per heavy atom. The summed E-state index contributed by atoms with van der Waals surface area (Å²) in [5.41, 5.74) is 2.51. The molecule has 4 rings (SSSR count). The Hall–Kier alpha value is -1.83. The predicted molar refractivity (Wildman–Crippen MR) is 78.5 cm³/mol. The van der Waals surface area contributed by atoms with Crippen molar-refractivity contribution < 1.29 is 0 Å². The standard InChI is InChI=1S/C17H18N2/c1-2-7-14(8-3-1)17-18-12-15-11-10-13-6-4-5-9-16(13)19(15)17/h4-6,9-12,14H,1-3,7-8H2. The summed E-state index contributed by atoms with van der Waals surface area (Å²) in [6.07, 6.45) is 8.70. The molecular formula is C17H18N2. The first-order valence-corrected chi connectivity index (χ1v) is 7.28. The SMILES string of the molecule is c1ccc2c(c1)ccc1cnc(C3CCCCC3)n12. The van der Waals surface area contributed by atoms with E-state index in [0.29, 0.717) is 5.92 Å². The van der Waals surface area contributed by atoms with Gasteiger partial charge in [-0.05, 0) is 30.4 Å². The van der Waals surface area contributed by atoms with Crippen LogP contribution in [0.1, 0.15) is 43.8 Å². The van der Waals surface area contributed by atoms with E-state index in [4.69, 9.17) is 4.98 Å². The van der Waals surface area contributed by atoms with Crippen LogP contribution >= 0.6 is 0 Å². The number of nitrogens with zero attached hydrogens (tertiary/aromatic N) is 2. The van der Waals surface area contributed by atoms with E-state index in [-0.39, 0.29) is 0 Å². The predicted octanol–water partition coefficient (Wildman–Crippen LogP) is 4.54. The third-order valence-electron chi connectivity index (χ3n) is 4.40. The molecule has 2 nitrogen and oxygen atoms in total. The van der Waals surface area contributed by atoms with E-state index in [0.717, 1.165) is 0 Å². The smallest absolute Gasteiger partial charge is 0.116 e. The van der Waals surface area contributed by atoms with Crippen LogP contribution in [-0.4, -0.2) is 9.38 Å². The van der Waals surface area contributed by atoms with Crippen LogP contribution in [0, 0.1) is 0 Å². The number of hydrogen-bond donors (Lipinski definition) is 0. The third kappa shape index (κ3) is 1.74. The van der Waals surface area contributed by atoms with E-state index in [9.17, 15) is 0 Å². The van der Waals surface area contributed by atoms with E-state index >= 15 is 0 Å². The van der Waals surface area contributed by atoms with Gasteiger partial charge in [-0.15, -0.1) is 0 Å². The number of hydrogen-bond acceptors (Lipinski definition) is 1. The summed E-state index contributed by atoms with van der Waals surface area (Å²) in [5.74, 6) is 1.91. The molecule has 0 bridgehead atoms. The Labute approximate surface area is 113 Å². The second kappa shape index (κ2) is 4.37. The van der Waals surface area contributed by atoms with Crippen LogP contribution in [0.3, 0.4) is 0 Å². The lowest BCUT2D eigenvalue weighted by atomic mass is 9.88. The molecule has 0 amide bonds. The third-order valence-corrected chi connectivity index (χ3v) is 4.40. The van der Waals surface area contributed by atoms with Gasteiger partial charge < -0.3 is 0 Å². The minimum atomic E-state index is 0.641. The van der Waals surface area contributed by atoms with Gasteiger partial charge in [-0.25, -0.2) is 4.98 Å². The van der Waals surface area contributed by atoms with E-state index in [2.05, 4.69) is 40.8 Å². The van der Waals surface area contributed by atoms with Gasteiger partial charge in [0.05, 0.1) is 17.2 Å². The van der Waals surface area contributed by atoms with E-state index < -0.39 is 0 Å². The quantitative estimate of drug-likeness (QED) is 0.620. The molecule has 0 N–H and O–H groups in total. The number of benzene rings is 1. The van der Waals surface area contributed by atoms with Gasteiger partial charge in [-0.2, -0.15) is 0 Å². The molecule has 0 atom stereocenters. The number of aromatic nitrogens is 2. The van der Waals surface area contributed by atoms with Gasteiger partial charge in [-0.1, -0.05) is 43.5 Å². The summed E-state index contributed by atoms with van der Waals surface area (Å²) >= 11 is 0. The fourth-order valence-corrected chi connectivity index (χ4v) is 3.42. The van der Waals surface area contributed by atoms with Crippen molar-refractivity contribution in [1.82, 2.24) is 9.38 Å². The molecule has 1 fully saturated rings. The van der Waals surface area contributed by atoms with Crippen molar-refractivity contribution in [2.24, 2.45) is 0 Å². The first-order valence-electron chi connectivity index (χ1n) is 7.28. The summed E-state index contributed by atoms with van der Waals surface area (Å²) in [6, 6.07) is 13.0. The number of pyridine rings is 1. The zero-order valence-corrected chi connectivity index (χ0v) is 11.0. The van der Waals surface area contributed by atoms with E-state index in [1.165, 1.54) is 54.3 Å². The van der Waals surface area contributed by atoms with E-state index in [1.54, 1.807) is 0 Å². The maximum absolute atomic E-state index is 4.73. The molecule has 96 valence electrons. The van der Waals surface area contributed by atoms with Crippen molar-refractivity contribution in [3.63, 3.8) is 0 Å². The van der Waals surface area contributed by atoms with Gasteiger partial charge in [0.1, 0.15) is 5.82 Å². The monoisotopic (exact) mass is 250 g/mol. The molecule has 0 unspecified atom stereocenters. The van der Waals surface area contributed by atoms with Crippen LogP contribution in [0.4, 0.5) is 0 Å². The van der Waals surface area contributed by atoms with Crippen molar-refractivity contribution in [3.05, 3.63) is 48.4 Å². The van der Waals surface area contributed by atoms with Crippen LogP contribution in [0.25, 0.3) is 16.4 Å². The Morgan fingerprint density at radius 3 is 2.68 bits per heavy atom. The van der Waals surface area contributed by atoms with Gasteiger partial charge >= 0.3 is 0 Å². The van der Waals surface area contributed by atoms with Gasteiger partial charge in [0.2, 0.25) is 0 Å². The van der Waals surface area contributed by atoms with Crippen molar-refractivity contribution in [1.29, 1.82) is 0 Å². The molecule has 1 saturated carbocycles. The summed E-state index contributed by atoms with van der Waals surface area (Å²) in [6.45, 7) is 0. The van der Waals surface area contributed by atoms with Crippen LogP contribution in [0.2, 0.25) is 0 Å². The topological polar surface area (TPSA) is 17.3 Å². The largest absolute Gasteiger partial charge is 0.296 e. The maximum atomic E-state index is 4.73. The first-order chi connectivity index (χ1) is 9.43. The van der Waals surface area contributed by atoms with Crippen molar-refractivity contribution in [3.8, 4) is 0 Å². The molecule has 3 aromatic rings. The fraction of sp³-hybridized carbons (Fsp3) is 0.353. The minimum Gasteiger partial charge on any atom is -0.296 e. The molecule has 2 heterocycles. The summed E-state index contributed by atoms with van der Waals surface area (Å²) in [5, 5.41) is 1.30. The Balaban J connectivity index is 1.97. The Kier molecular flexibility index (Phi) is 2.54. The van der Waals surface area contributed by atoms with Gasteiger partial charge in [0.25, 0.3) is 0 Å². The van der Waals surface area contributed by atoms with Gasteiger partial charge in [0, 0.05) is 5.92 Å². The molecule has 2 aromatic heterocycles. The zero-order chi connectivity index (χ0) is 12.7. The normalized spacial score (nSPS) is 17.3. The highest BCUT2D eigenvalue weighted by atomic mass is 15.0. The molecule has 1 aliphatic rings. The van der Waals surface area contributed by atoms with Gasteiger partial charge in [-0.3, -0.25) is 4.40 Å². The van der Waals surface area contributed by atoms with Crippen LogP contribution in [-0.2, 0) is 0 Å². The number of imidazole rings is 1. The van der Waals surface area contributed by atoms with Gasteiger partial charge in [0.15, 0.2) is 0 Å². The lowest BCUT2D eigenvalue weighted by Gasteiger charge is -2.21. The summed E-state index contributed by atoms with van der Waals surface area (Å²) in [4.78, 5) is 4.73. The van der Waals surface area contributed by atoms with Crippen LogP contribution < -0.4 is 0 Å². The van der Waals surface area contributed by atoms with Crippen molar-refractivity contribution in [2.75, 3.05) is 0 Å². The van der Waals surface area contributed by atoms with Crippen molar-refractivity contribution >= 4 is 16.4 Å². The molecular weight excluding hydrogens is 232 g/mol. The Morgan fingerprint density at radius 2 is 1.79 bits per heavy atom. The lowest BCUT2D eigenvalue weighted by molar-refractivity contribution is 0.428. The number of para-hydroxylation sites is 1. The molecule has 2 heteroatoms. The average Bonchev–Trinajstić information content (AvgIpc) is 2.92. The minimum absolute atomic E-state index is 0.641. The number of fused-ring (bicyclic) bond motifs is 3. The Bertz CT molecular complexity index is 720. The molecule has 19 heavy (non-hydrogen) atoms. The van der Waals surface area contributed by atoms with Crippen LogP contribution in [0.5, 0.6) is 0 Å². The molecule has 0 saturated heterocycles. The fourth-order valence-electron chi connectivity index (χ4n) is 3.42. The van der Waals surface area contributed by atoms with E-state index in [1.807, 2.05) is 6.20 Å². The zero-order valence-electron chi connectivity index (χ0n) is 11.0. The first kappa shape index (κ1) is 11.0. The highest BCUT2D eigenvalue weighted by Gasteiger charge is 2.20. The second-order valence-corrected chi connectivity index (χ2v) is 5.60. The summed E-state index contributed by atoms with van der Waals surface area (Å²) < 4.78 is 2.37. The van der Waals surface area contributed by atoms with Crippen LogP contribution in [0.15, 0.2) is 42.6 Å². The maximum Gasteiger partial charge on any atom is 0.116 e. The highest BCUT2D eigenvalue weighted by Crippen LogP contribution is 2.33. The lowest BCUT2D eigenvalue weighted by Crippen LogP contribution is -2.09. The molecule has 1 aromatic carbocycles. The van der Waals surface area contributed by atoms with Crippen molar-refractivity contribution in [2.45, 2.75) is 38.0 Å². The molecule has 0 radical (unpaired) electrons. The number of rotatable bonds is 1. The average molecular weight is 250 g/mol. The second-order valence-electron chi connectivity index (χ2n) is 5.60. The molecule has 0 aliphatic heterocycles. The molecule has 0 spiro atoms. The highest BCUT2D eigenvalue weighted by molar-refractivity contribution is 5.82. The summed E-state index contributed by atoms with van der Waals surface area (Å²) in [7, 11) is 0.